The van der Waals surface area contributed by atoms with Gasteiger partial charge < -0.3 is 5.32 Å². The van der Waals surface area contributed by atoms with Crippen LogP contribution in [0.15, 0.2) is 0 Å². The van der Waals surface area contributed by atoms with E-state index in [1.54, 1.807) is 0 Å². The largest absolute Gasteiger partial charge is 0.312 e. The van der Waals surface area contributed by atoms with Gasteiger partial charge in [-0.05, 0) is 63.1 Å². The molecule has 1 saturated carbocycles. The summed E-state index contributed by atoms with van der Waals surface area (Å²) in [7, 11) is 0. The standard InChI is InChI=1S/C16H32N2/c1-5-10-17-15-14(6-9-16(15,3)4)18-11-7-13(2)8-12-18/h13-15,17H,5-12H2,1-4H3. The number of rotatable bonds is 4. The third-order valence-corrected chi connectivity index (χ3v) is 5.21. The smallest absolute Gasteiger partial charge is 0.0274 e. The Labute approximate surface area is 114 Å². The summed E-state index contributed by atoms with van der Waals surface area (Å²) in [5, 5.41) is 3.84. The summed E-state index contributed by atoms with van der Waals surface area (Å²) < 4.78 is 0. The van der Waals surface area contributed by atoms with E-state index in [0.717, 1.165) is 12.0 Å². The summed E-state index contributed by atoms with van der Waals surface area (Å²) in [5.41, 5.74) is 0.475. The van der Waals surface area contributed by atoms with Gasteiger partial charge in [-0.3, -0.25) is 4.90 Å². The molecule has 1 N–H and O–H groups in total. The van der Waals surface area contributed by atoms with Crippen molar-refractivity contribution in [3.8, 4) is 0 Å². The van der Waals surface area contributed by atoms with Gasteiger partial charge in [0.05, 0.1) is 0 Å². The van der Waals surface area contributed by atoms with E-state index < -0.39 is 0 Å². The van der Waals surface area contributed by atoms with Crippen molar-refractivity contribution in [1.82, 2.24) is 10.2 Å². The Morgan fingerprint density at radius 1 is 1.17 bits per heavy atom. The first-order chi connectivity index (χ1) is 8.54. The minimum Gasteiger partial charge on any atom is -0.312 e. The second-order valence-electron chi connectivity index (χ2n) is 7.24. The summed E-state index contributed by atoms with van der Waals surface area (Å²) >= 11 is 0. The Morgan fingerprint density at radius 2 is 1.83 bits per heavy atom. The second kappa shape index (κ2) is 5.92. The van der Waals surface area contributed by atoms with Crippen LogP contribution in [0.3, 0.4) is 0 Å². The molecule has 0 spiro atoms. The van der Waals surface area contributed by atoms with Crippen molar-refractivity contribution < 1.29 is 0 Å². The molecule has 2 fully saturated rings. The molecule has 0 aromatic carbocycles. The molecule has 0 aromatic rings. The fourth-order valence-electron chi connectivity index (χ4n) is 3.83. The van der Waals surface area contributed by atoms with Gasteiger partial charge in [0.2, 0.25) is 0 Å². The molecule has 2 aliphatic rings. The SMILES string of the molecule is CCCNC1C(N2CCC(C)CC2)CCC1(C)C. The molecule has 1 aliphatic carbocycles. The van der Waals surface area contributed by atoms with Crippen LogP contribution in [0.1, 0.15) is 59.8 Å². The number of likely N-dealkylation sites (tertiary alicyclic amines) is 1. The first kappa shape index (κ1) is 14.3. The van der Waals surface area contributed by atoms with Crippen LogP contribution in [-0.4, -0.2) is 36.6 Å². The van der Waals surface area contributed by atoms with Gasteiger partial charge in [-0.25, -0.2) is 0 Å². The predicted octanol–water partition coefficient (Wildman–Crippen LogP) is 3.28. The monoisotopic (exact) mass is 252 g/mol. The first-order valence-corrected chi connectivity index (χ1v) is 8.02. The highest BCUT2D eigenvalue weighted by Crippen LogP contribution is 2.40. The molecule has 1 heterocycles. The van der Waals surface area contributed by atoms with E-state index in [0.29, 0.717) is 11.5 Å². The van der Waals surface area contributed by atoms with E-state index in [-0.39, 0.29) is 0 Å². The molecule has 1 saturated heterocycles. The van der Waals surface area contributed by atoms with Gasteiger partial charge in [0.25, 0.3) is 0 Å². The predicted molar refractivity (Wildman–Crippen MR) is 78.9 cm³/mol. The van der Waals surface area contributed by atoms with E-state index in [1.165, 1.54) is 51.7 Å². The molecule has 2 atom stereocenters. The van der Waals surface area contributed by atoms with Crippen molar-refractivity contribution in [3.05, 3.63) is 0 Å². The summed E-state index contributed by atoms with van der Waals surface area (Å²) in [6.07, 6.45) is 6.82. The van der Waals surface area contributed by atoms with Crippen LogP contribution in [-0.2, 0) is 0 Å². The van der Waals surface area contributed by atoms with Crippen LogP contribution in [0.4, 0.5) is 0 Å². The average molecular weight is 252 g/mol. The van der Waals surface area contributed by atoms with Gasteiger partial charge in [0.15, 0.2) is 0 Å². The highest BCUT2D eigenvalue weighted by atomic mass is 15.2. The molecule has 2 nitrogen and oxygen atoms in total. The van der Waals surface area contributed by atoms with Gasteiger partial charge in [0.1, 0.15) is 0 Å². The van der Waals surface area contributed by atoms with Crippen molar-refractivity contribution in [2.45, 2.75) is 71.9 Å². The van der Waals surface area contributed by atoms with Crippen LogP contribution in [0, 0.1) is 11.3 Å². The van der Waals surface area contributed by atoms with E-state index >= 15 is 0 Å². The third kappa shape index (κ3) is 3.08. The fourth-order valence-corrected chi connectivity index (χ4v) is 3.83. The maximum absolute atomic E-state index is 3.84. The molecule has 0 radical (unpaired) electrons. The van der Waals surface area contributed by atoms with Crippen LogP contribution >= 0.6 is 0 Å². The summed E-state index contributed by atoms with van der Waals surface area (Å²) in [5.74, 6) is 0.942. The number of hydrogen-bond acceptors (Lipinski definition) is 2. The van der Waals surface area contributed by atoms with Crippen molar-refractivity contribution >= 4 is 0 Å². The number of nitrogens with one attached hydrogen (secondary N) is 1. The van der Waals surface area contributed by atoms with Gasteiger partial charge in [-0.15, -0.1) is 0 Å². The van der Waals surface area contributed by atoms with Gasteiger partial charge in [-0.2, -0.15) is 0 Å². The third-order valence-electron chi connectivity index (χ3n) is 5.21. The molecule has 0 aromatic heterocycles. The van der Waals surface area contributed by atoms with E-state index in [4.69, 9.17) is 0 Å². The van der Waals surface area contributed by atoms with Crippen molar-refractivity contribution in [2.24, 2.45) is 11.3 Å². The summed E-state index contributed by atoms with van der Waals surface area (Å²) in [6.45, 7) is 13.4. The zero-order chi connectivity index (χ0) is 13.2. The molecule has 2 rings (SSSR count). The molecule has 0 bridgehead atoms. The second-order valence-corrected chi connectivity index (χ2v) is 7.24. The Balaban J connectivity index is 1.97. The Morgan fingerprint density at radius 3 is 2.44 bits per heavy atom. The lowest BCUT2D eigenvalue weighted by atomic mass is 9.85. The molecule has 2 unspecified atom stereocenters. The number of piperidine rings is 1. The first-order valence-electron chi connectivity index (χ1n) is 8.02. The Hall–Kier alpha value is -0.0800. The number of hydrogen-bond donors (Lipinski definition) is 1. The molecular formula is C16H32N2. The zero-order valence-electron chi connectivity index (χ0n) is 12.8. The van der Waals surface area contributed by atoms with Crippen molar-refractivity contribution in [2.75, 3.05) is 19.6 Å². The van der Waals surface area contributed by atoms with Crippen molar-refractivity contribution in [1.29, 1.82) is 0 Å². The molecule has 1 aliphatic heterocycles. The van der Waals surface area contributed by atoms with E-state index in [9.17, 15) is 0 Å². The van der Waals surface area contributed by atoms with Gasteiger partial charge in [-0.1, -0.05) is 27.7 Å². The van der Waals surface area contributed by atoms with Crippen molar-refractivity contribution in [3.63, 3.8) is 0 Å². The van der Waals surface area contributed by atoms with Crippen LogP contribution < -0.4 is 5.32 Å². The van der Waals surface area contributed by atoms with Crippen LogP contribution in [0.5, 0.6) is 0 Å². The fraction of sp³-hybridized carbons (Fsp3) is 1.00. The lowest BCUT2D eigenvalue weighted by Gasteiger charge is -2.40. The lowest BCUT2D eigenvalue weighted by Crippen LogP contribution is -2.53. The average Bonchev–Trinajstić information content (AvgIpc) is 2.63. The number of nitrogens with zero attached hydrogens (tertiary/aromatic N) is 1. The maximum atomic E-state index is 3.84. The molecule has 0 amide bonds. The topological polar surface area (TPSA) is 15.3 Å². The van der Waals surface area contributed by atoms with Gasteiger partial charge >= 0.3 is 0 Å². The van der Waals surface area contributed by atoms with E-state index in [1.807, 2.05) is 0 Å². The van der Waals surface area contributed by atoms with Crippen LogP contribution in [0.2, 0.25) is 0 Å². The molecular weight excluding hydrogens is 220 g/mol. The minimum atomic E-state index is 0.475. The molecule has 18 heavy (non-hydrogen) atoms. The van der Waals surface area contributed by atoms with Crippen LogP contribution in [0.25, 0.3) is 0 Å². The highest BCUT2D eigenvalue weighted by molar-refractivity contribution is 5.01. The minimum absolute atomic E-state index is 0.475. The summed E-state index contributed by atoms with van der Waals surface area (Å²) in [6, 6.07) is 1.49. The Kier molecular flexibility index (Phi) is 4.71. The lowest BCUT2D eigenvalue weighted by molar-refractivity contribution is 0.105. The van der Waals surface area contributed by atoms with Gasteiger partial charge in [0, 0.05) is 12.1 Å². The maximum Gasteiger partial charge on any atom is 0.0274 e. The summed E-state index contributed by atoms with van der Waals surface area (Å²) in [4.78, 5) is 2.78. The normalized spacial score (nSPS) is 34.0. The molecule has 106 valence electrons. The molecule has 2 heteroatoms. The quantitative estimate of drug-likeness (QED) is 0.826. The van der Waals surface area contributed by atoms with E-state index in [2.05, 4.69) is 37.9 Å². The Bertz CT molecular complexity index is 254. The highest BCUT2D eigenvalue weighted by Gasteiger charge is 2.44. The zero-order valence-corrected chi connectivity index (χ0v) is 12.8.